The summed E-state index contributed by atoms with van der Waals surface area (Å²) in [5.41, 5.74) is 1.02. The van der Waals surface area contributed by atoms with Crippen LogP contribution in [-0.2, 0) is 16.6 Å². The third-order valence-corrected chi connectivity index (χ3v) is 4.15. The standard InChI is InChI=1S/C16H26N4O2/c1-3-14(13-11-17-19(2)12-13)18-15(21)8-10-20-9-6-4-5-7-16(20)22/h11-12,14H,3-10H2,1-2H3,(H,18,21)/t14-/m0/s1. The van der Waals surface area contributed by atoms with Gasteiger partial charge in [-0.1, -0.05) is 13.3 Å². The Labute approximate surface area is 131 Å². The fourth-order valence-electron chi connectivity index (χ4n) is 2.82. The van der Waals surface area contributed by atoms with Gasteiger partial charge in [0, 0.05) is 44.7 Å². The van der Waals surface area contributed by atoms with E-state index in [9.17, 15) is 9.59 Å². The Kier molecular flexibility index (Phi) is 5.98. The molecule has 1 atom stereocenters. The van der Waals surface area contributed by atoms with Gasteiger partial charge in [0.15, 0.2) is 0 Å². The molecule has 2 amide bonds. The van der Waals surface area contributed by atoms with Crippen LogP contribution in [0, 0.1) is 0 Å². The van der Waals surface area contributed by atoms with E-state index in [4.69, 9.17) is 0 Å². The zero-order valence-corrected chi connectivity index (χ0v) is 13.5. The maximum absolute atomic E-state index is 12.2. The van der Waals surface area contributed by atoms with Gasteiger partial charge in [0.25, 0.3) is 0 Å². The quantitative estimate of drug-likeness (QED) is 0.871. The first kappa shape index (κ1) is 16.5. The number of rotatable bonds is 6. The highest BCUT2D eigenvalue weighted by molar-refractivity contribution is 5.79. The third kappa shape index (κ3) is 4.58. The van der Waals surface area contributed by atoms with Gasteiger partial charge in [-0.2, -0.15) is 5.10 Å². The lowest BCUT2D eigenvalue weighted by atomic mass is 10.1. The highest BCUT2D eigenvalue weighted by Gasteiger charge is 2.19. The van der Waals surface area contributed by atoms with Crippen molar-refractivity contribution < 1.29 is 9.59 Å². The van der Waals surface area contributed by atoms with Crippen LogP contribution in [0.3, 0.4) is 0 Å². The van der Waals surface area contributed by atoms with E-state index in [1.807, 2.05) is 25.1 Å². The summed E-state index contributed by atoms with van der Waals surface area (Å²) in [5, 5.41) is 7.18. The molecule has 0 aromatic carbocycles. The predicted octanol–water partition coefficient (Wildman–Crippen LogP) is 1.78. The van der Waals surface area contributed by atoms with Crippen molar-refractivity contribution in [2.75, 3.05) is 13.1 Å². The molecule has 2 rings (SSSR count). The van der Waals surface area contributed by atoms with Gasteiger partial charge in [-0.3, -0.25) is 14.3 Å². The first-order valence-corrected chi connectivity index (χ1v) is 8.16. The van der Waals surface area contributed by atoms with Crippen LogP contribution < -0.4 is 5.32 Å². The van der Waals surface area contributed by atoms with Crippen LogP contribution in [0.5, 0.6) is 0 Å². The summed E-state index contributed by atoms with van der Waals surface area (Å²) < 4.78 is 1.74. The molecule has 122 valence electrons. The van der Waals surface area contributed by atoms with Crippen LogP contribution in [0.2, 0.25) is 0 Å². The van der Waals surface area contributed by atoms with Gasteiger partial charge in [-0.05, 0) is 19.3 Å². The van der Waals surface area contributed by atoms with Crippen molar-refractivity contribution in [3.05, 3.63) is 18.0 Å². The Hall–Kier alpha value is -1.85. The Balaban J connectivity index is 1.82. The predicted molar refractivity (Wildman–Crippen MR) is 84.0 cm³/mol. The minimum atomic E-state index is -0.0129. The molecule has 1 aliphatic heterocycles. The largest absolute Gasteiger partial charge is 0.349 e. The molecule has 6 heteroatoms. The Morgan fingerprint density at radius 3 is 2.91 bits per heavy atom. The van der Waals surface area contributed by atoms with Gasteiger partial charge >= 0.3 is 0 Å². The molecule has 22 heavy (non-hydrogen) atoms. The van der Waals surface area contributed by atoms with Crippen molar-refractivity contribution >= 4 is 11.8 Å². The highest BCUT2D eigenvalue weighted by Crippen LogP contribution is 2.16. The summed E-state index contributed by atoms with van der Waals surface area (Å²) in [6.07, 6.45) is 8.63. The van der Waals surface area contributed by atoms with Gasteiger partial charge in [0.2, 0.25) is 11.8 Å². The van der Waals surface area contributed by atoms with E-state index in [1.54, 1.807) is 10.9 Å². The number of carbonyl (C=O) groups excluding carboxylic acids is 2. The fraction of sp³-hybridized carbons (Fsp3) is 0.688. The molecule has 6 nitrogen and oxygen atoms in total. The fourth-order valence-corrected chi connectivity index (χ4v) is 2.82. The van der Waals surface area contributed by atoms with Crippen LogP contribution in [0.1, 0.15) is 57.1 Å². The smallest absolute Gasteiger partial charge is 0.222 e. The molecular formula is C16H26N4O2. The normalized spacial score (nSPS) is 17.2. The van der Waals surface area contributed by atoms with Crippen molar-refractivity contribution in [2.45, 2.75) is 51.5 Å². The number of hydrogen-bond donors (Lipinski definition) is 1. The zero-order valence-electron chi connectivity index (χ0n) is 13.5. The lowest BCUT2D eigenvalue weighted by molar-refractivity contribution is -0.131. The number of nitrogens with zero attached hydrogens (tertiary/aromatic N) is 3. The summed E-state index contributed by atoms with van der Waals surface area (Å²) in [4.78, 5) is 25.9. The van der Waals surface area contributed by atoms with E-state index >= 15 is 0 Å². The maximum Gasteiger partial charge on any atom is 0.222 e. The second-order valence-electron chi connectivity index (χ2n) is 5.92. The average molecular weight is 306 g/mol. The number of nitrogens with one attached hydrogen (secondary N) is 1. The highest BCUT2D eigenvalue weighted by atomic mass is 16.2. The minimum Gasteiger partial charge on any atom is -0.349 e. The molecule has 0 aliphatic carbocycles. The molecule has 1 aliphatic rings. The van der Waals surface area contributed by atoms with E-state index in [-0.39, 0.29) is 17.9 Å². The SMILES string of the molecule is CC[C@H](NC(=O)CCN1CCCCCC1=O)c1cnn(C)c1. The Morgan fingerprint density at radius 1 is 1.41 bits per heavy atom. The van der Waals surface area contributed by atoms with Crippen molar-refractivity contribution in [3.63, 3.8) is 0 Å². The van der Waals surface area contributed by atoms with E-state index in [0.29, 0.717) is 19.4 Å². The molecule has 0 spiro atoms. The zero-order chi connectivity index (χ0) is 15.9. The first-order valence-electron chi connectivity index (χ1n) is 8.16. The molecule has 1 saturated heterocycles. The summed E-state index contributed by atoms with van der Waals surface area (Å²) in [7, 11) is 1.86. The lowest BCUT2D eigenvalue weighted by Crippen LogP contribution is -2.35. The van der Waals surface area contributed by atoms with Crippen LogP contribution in [-0.4, -0.2) is 39.6 Å². The van der Waals surface area contributed by atoms with Crippen LogP contribution in [0.15, 0.2) is 12.4 Å². The molecule has 0 saturated carbocycles. The van der Waals surface area contributed by atoms with Crippen LogP contribution in [0.25, 0.3) is 0 Å². The number of carbonyl (C=O) groups is 2. The monoisotopic (exact) mass is 306 g/mol. The van der Waals surface area contributed by atoms with Crippen molar-refractivity contribution in [3.8, 4) is 0 Å². The van der Waals surface area contributed by atoms with E-state index in [1.165, 1.54) is 0 Å². The summed E-state index contributed by atoms with van der Waals surface area (Å²) in [6.45, 7) is 3.34. The average Bonchev–Trinajstić information content (AvgIpc) is 2.82. The van der Waals surface area contributed by atoms with Gasteiger partial charge < -0.3 is 10.2 Å². The van der Waals surface area contributed by atoms with E-state index in [0.717, 1.165) is 37.8 Å². The first-order chi connectivity index (χ1) is 10.6. The second kappa shape index (κ2) is 7.96. The topological polar surface area (TPSA) is 67.2 Å². The molecule has 2 heterocycles. The van der Waals surface area contributed by atoms with Crippen molar-refractivity contribution in [1.82, 2.24) is 20.0 Å². The minimum absolute atomic E-state index is 0.00671. The molecule has 1 aromatic heterocycles. The van der Waals surface area contributed by atoms with Gasteiger partial charge in [-0.15, -0.1) is 0 Å². The Bertz CT molecular complexity index is 512. The van der Waals surface area contributed by atoms with Crippen LogP contribution in [0.4, 0.5) is 0 Å². The molecule has 0 bridgehead atoms. The third-order valence-electron chi connectivity index (χ3n) is 4.15. The summed E-state index contributed by atoms with van der Waals surface area (Å²) in [6, 6.07) is -0.0129. The Morgan fingerprint density at radius 2 is 2.23 bits per heavy atom. The number of likely N-dealkylation sites (tertiary alicyclic amines) is 1. The molecule has 1 N–H and O–H groups in total. The second-order valence-corrected chi connectivity index (χ2v) is 5.92. The number of aryl methyl sites for hydroxylation is 1. The molecule has 1 aromatic rings. The van der Waals surface area contributed by atoms with E-state index < -0.39 is 0 Å². The molecule has 0 radical (unpaired) electrons. The summed E-state index contributed by atoms with van der Waals surface area (Å²) >= 11 is 0. The lowest BCUT2D eigenvalue weighted by Gasteiger charge is -2.21. The van der Waals surface area contributed by atoms with Gasteiger partial charge in [-0.25, -0.2) is 0 Å². The van der Waals surface area contributed by atoms with E-state index in [2.05, 4.69) is 10.4 Å². The number of amides is 2. The number of hydrogen-bond acceptors (Lipinski definition) is 3. The van der Waals surface area contributed by atoms with Crippen molar-refractivity contribution in [2.24, 2.45) is 7.05 Å². The van der Waals surface area contributed by atoms with Crippen molar-refractivity contribution in [1.29, 1.82) is 0 Å². The molecule has 1 fully saturated rings. The summed E-state index contributed by atoms with van der Waals surface area (Å²) in [5.74, 6) is 0.178. The van der Waals surface area contributed by atoms with Gasteiger partial charge in [0.1, 0.15) is 0 Å². The van der Waals surface area contributed by atoms with Gasteiger partial charge in [0.05, 0.1) is 12.2 Å². The molecular weight excluding hydrogens is 280 g/mol. The van der Waals surface area contributed by atoms with Crippen LogP contribution >= 0.6 is 0 Å². The number of aromatic nitrogens is 2. The maximum atomic E-state index is 12.2. The molecule has 0 unspecified atom stereocenters.